The van der Waals surface area contributed by atoms with Crippen LogP contribution in [0.1, 0.15) is 0 Å². The SMILES string of the molecule is Cn1c(-c2ccccc2O)nc2c(-c3cccc(N(c4ccccc4)c4cccnn4)c3)cccc21. The van der Waals surface area contributed by atoms with Gasteiger partial charge in [0.2, 0.25) is 0 Å². The summed E-state index contributed by atoms with van der Waals surface area (Å²) in [4.78, 5) is 7.06. The molecule has 0 radical (unpaired) electrons. The molecule has 0 bridgehead atoms. The number of phenols is 1. The molecule has 0 unspecified atom stereocenters. The van der Waals surface area contributed by atoms with Gasteiger partial charge in [0.05, 0.1) is 16.6 Å². The van der Waals surface area contributed by atoms with Crippen LogP contribution in [-0.2, 0) is 7.05 Å². The van der Waals surface area contributed by atoms with Gasteiger partial charge in [-0.15, -0.1) is 5.10 Å². The first kappa shape index (κ1) is 21.6. The molecule has 0 aliphatic rings. The summed E-state index contributed by atoms with van der Waals surface area (Å²) in [5.41, 5.74) is 6.57. The fourth-order valence-corrected chi connectivity index (χ4v) is 4.57. The summed E-state index contributed by atoms with van der Waals surface area (Å²) >= 11 is 0. The Balaban J connectivity index is 1.51. The molecule has 174 valence electrons. The molecule has 36 heavy (non-hydrogen) atoms. The van der Waals surface area contributed by atoms with Crippen LogP contribution < -0.4 is 4.90 Å². The van der Waals surface area contributed by atoms with E-state index in [9.17, 15) is 5.11 Å². The first-order chi connectivity index (χ1) is 17.7. The van der Waals surface area contributed by atoms with E-state index in [1.54, 1.807) is 12.3 Å². The van der Waals surface area contributed by atoms with E-state index >= 15 is 0 Å². The van der Waals surface area contributed by atoms with Gasteiger partial charge in [0.15, 0.2) is 5.82 Å². The van der Waals surface area contributed by atoms with Gasteiger partial charge in [0.1, 0.15) is 11.6 Å². The summed E-state index contributed by atoms with van der Waals surface area (Å²) in [6.07, 6.45) is 1.67. The summed E-state index contributed by atoms with van der Waals surface area (Å²) in [6.45, 7) is 0. The van der Waals surface area contributed by atoms with Crippen molar-refractivity contribution in [3.8, 4) is 28.3 Å². The third-order valence-corrected chi connectivity index (χ3v) is 6.27. The van der Waals surface area contributed by atoms with Crippen LogP contribution >= 0.6 is 0 Å². The van der Waals surface area contributed by atoms with E-state index in [4.69, 9.17) is 4.98 Å². The lowest BCUT2D eigenvalue weighted by Gasteiger charge is -2.24. The van der Waals surface area contributed by atoms with Crippen molar-refractivity contribution in [1.29, 1.82) is 0 Å². The molecule has 4 aromatic carbocycles. The van der Waals surface area contributed by atoms with Gasteiger partial charge in [-0.1, -0.05) is 54.6 Å². The minimum Gasteiger partial charge on any atom is -0.507 e. The number of nitrogens with zero attached hydrogens (tertiary/aromatic N) is 5. The van der Waals surface area contributed by atoms with Gasteiger partial charge in [0.25, 0.3) is 0 Å². The molecule has 2 aromatic heterocycles. The van der Waals surface area contributed by atoms with Crippen molar-refractivity contribution in [2.75, 3.05) is 4.90 Å². The number of aromatic nitrogens is 4. The zero-order chi connectivity index (χ0) is 24.5. The largest absolute Gasteiger partial charge is 0.507 e. The second-order valence-electron chi connectivity index (χ2n) is 8.49. The summed E-state index contributed by atoms with van der Waals surface area (Å²) in [7, 11) is 1.97. The molecular weight excluding hydrogens is 446 g/mol. The standard InChI is InChI=1S/C30H23N5O/c1-34-26-16-8-15-24(29(26)32-30(34)25-14-5-6-17-27(25)36)21-10-7-13-23(20-21)35(22-11-3-2-4-12-22)28-18-9-19-31-33-28/h2-20,36H,1H3. The van der Waals surface area contributed by atoms with Gasteiger partial charge < -0.3 is 9.67 Å². The number of phenolic OH excluding ortho intramolecular Hbond substituents is 1. The molecule has 0 saturated carbocycles. The molecule has 1 N–H and O–H groups in total. The number of fused-ring (bicyclic) bond motifs is 1. The fourth-order valence-electron chi connectivity index (χ4n) is 4.57. The van der Waals surface area contributed by atoms with Crippen LogP contribution in [0.15, 0.2) is 115 Å². The van der Waals surface area contributed by atoms with Crippen LogP contribution in [0.2, 0.25) is 0 Å². The van der Waals surface area contributed by atoms with Crippen molar-refractivity contribution in [3.05, 3.63) is 115 Å². The molecule has 6 rings (SSSR count). The highest BCUT2D eigenvalue weighted by Gasteiger charge is 2.18. The number of benzene rings is 4. The van der Waals surface area contributed by atoms with Crippen molar-refractivity contribution in [3.63, 3.8) is 0 Å². The molecule has 0 saturated heterocycles. The number of para-hydroxylation sites is 3. The van der Waals surface area contributed by atoms with Crippen molar-refractivity contribution in [2.45, 2.75) is 0 Å². The Labute approximate surface area is 208 Å². The van der Waals surface area contributed by atoms with E-state index in [-0.39, 0.29) is 5.75 Å². The summed E-state index contributed by atoms with van der Waals surface area (Å²) in [5, 5.41) is 18.9. The zero-order valence-electron chi connectivity index (χ0n) is 19.7. The molecule has 0 aliphatic carbocycles. The van der Waals surface area contributed by atoms with Crippen LogP contribution in [0.25, 0.3) is 33.5 Å². The summed E-state index contributed by atoms with van der Waals surface area (Å²) in [5.74, 6) is 1.66. The van der Waals surface area contributed by atoms with E-state index in [1.165, 1.54) is 0 Å². The number of hydrogen-bond donors (Lipinski definition) is 1. The van der Waals surface area contributed by atoms with Crippen LogP contribution in [0.4, 0.5) is 17.2 Å². The lowest BCUT2D eigenvalue weighted by molar-refractivity contribution is 0.476. The molecule has 6 heteroatoms. The molecule has 0 amide bonds. The first-order valence-electron chi connectivity index (χ1n) is 11.7. The minimum absolute atomic E-state index is 0.210. The number of aryl methyl sites for hydroxylation is 1. The van der Waals surface area contributed by atoms with E-state index < -0.39 is 0 Å². The molecule has 6 nitrogen and oxygen atoms in total. The van der Waals surface area contributed by atoms with E-state index in [0.717, 1.165) is 45.2 Å². The van der Waals surface area contributed by atoms with E-state index in [2.05, 4.69) is 57.6 Å². The number of anilines is 3. The molecule has 6 aromatic rings. The fraction of sp³-hybridized carbons (Fsp3) is 0.0333. The van der Waals surface area contributed by atoms with Gasteiger partial charge in [-0.2, -0.15) is 5.10 Å². The predicted molar refractivity (Wildman–Crippen MR) is 144 cm³/mol. The quantitative estimate of drug-likeness (QED) is 0.298. The van der Waals surface area contributed by atoms with Gasteiger partial charge >= 0.3 is 0 Å². The minimum atomic E-state index is 0.210. The molecule has 0 spiro atoms. The Morgan fingerprint density at radius 1 is 0.722 bits per heavy atom. The highest BCUT2D eigenvalue weighted by atomic mass is 16.3. The van der Waals surface area contributed by atoms with Gasteiger partial charge in [-0.3, -0.25) is 4.90 Å². The molecule has 0 fully saturated rings. The smallest absolute Gasteiger partial charge is 0.160 e. The maximum absolute atomic E-state index is 10.4. The lowest BCUT2D eigenvalue weighted by Crippen LogP contribution is -2.11. The third kappa shape index (κ3) is 3.75. The monoisotopic (exact) mass is 469 g/mol. The van der Waals surface area contributed by atoms with Crippen LogP contribution in [0.5, 0.6) is 5.75 Å². The van der Waals surface area contributed by atoms with Gasteiger partial charge in [0, 0.05) is 30.2 Å². The van der Waals surface area contributed by atoms with E-state index in [0.29, 0.717) is 5.56 Å². The van der Waals surface area contributed by atoms with Crippen LogP contribution in [0.3, 0.4) is 0 Å². The Morgan fingerprint density at radius 2 is 1.47 bits per heavy atom. The molecule has 0 aliphatic heterocycles. The Morgan fingerprint density at radius 3 is 2.28 bits per heavy atom. The second-order valence-corrected chi connectivity index (χ2v) is 8.49. The first-order valence-corrected chi connectivity index (χ1v) is 11.7. The van der Waals surface area contributed by atoms with E-state index in [1.807, 2.05) is 72.3 Å². The Bertz CT molecular complexity index is 1620. The molecule has 0 atom stereocenters. The number of hydrogen-bond acceptors (Lipinski definition) is 5. The van der Waals surface area contributed by atoms with Gasteiger partial charge in [-0.05, 0) is 60.2 Å². The number of aromatic hydroxyl groups is 1. The molecular formula is C30H23N5O. The van der Waals surface area contributed by atoms with Crippen LogP contribution in [-0.4, -0.2) is 24.9 Å². The number of rotatable bonds is 5. The predicted octanol–water partition coefficient (Wildman–Crippen LogP) is 6.87. The second kappa shape index (κ2) is 9.00. The Kier molecular flexibility index (Phi) is 5.39. The van der Waals surface area contributed by atoms with Crippen molar-refractivity contribution in [1.82, 2.24) is 19.7 Å². The normalized spacial score (nSPS) is 11.0. The summed E-state index contributed by atoms with van der Waals surface area (Å²) in [6, 6.07) is 35.8. The molecule has 2 heterocycles. The number of imidazole rings is 1. The van der Waals surface area contributed by atoms with Gasteiger partial charge in [-0.25, -0.2) is 4.98 Å². The van der Waals surface area contributed by atoms with Crippen molar-refractivity contribution < 1.29 is 5.11 Å². The third-order valence-electron chi connectivity index (χ3n) is 6.27. The average Bonchev–Trinajstić information content (AvgIpc) is 3.27. The maximum atomic E-state index is 10.4. The topological polar surface area (TPSA) is 67.1 Å². The highest BCUT2D eigenvalue weighted by Crippen LogP contribution is 2.38. The summed E-state index contributed by atoms with van der Waals surface area (Å²) < 4.78 is 2.02. The van der Waals surface area contributed by atoms with Crippen LogP contribution in [0, 0.1) is 0 Å². The van der Waals surface area contributed by atoms with Crippen molar-refractivity contribution >= 4 is 28.2 Å². The Hall–Kier alpha value is -4.97. The van der Waals surface area contributed by atoms with Crippen molar-refractivity contribution in [2.24, 2.45) is 7.05 Å². The lowest BCUT2D eigenvalue weighted by atomic mass is 10.0. The maximum Gasteiger partial charge on any atom is 0.160 e. The highest BCUT2D eigenvalue weighted by molar-refractivity contribution is 5.95. The average molecular weight is 470 g/mol. The zero-order valence-corrected chi connectivity index (χ0v) is 19.7.